The molecule has 0 spiro atoms. The molecule has 1 N–H and O–H groups in total. The second kappa shape index (κ2) is 7.35. The number of carbonyl (C=O) groups is 1. The summed E-state index contributed by atoms with van der Waals surface area (Å²) < 4.78 is 40.7. The number of rotatable bonds is 4. The van der Waals surface area contributed by atoms with Crippen molar-refractivity contribution in [2.75, 3.05) is 0 Å². The summed E-state index contributed by atoms with van der Waals surface area (Å²) >= 11 is 0. The van der Waals surface area contributed by atoms with Crippen molar-refractivity contribution >= 4 is 11.6 Å². The van der Waals surface area contributed by atoms with Gasteiger partial charge in [-0.05, 0) is 24.5 Å². The summed E-state index contributed by atoms with van der Waals surface area (Å²) in [6.45, 7) is 8.38. The molecule has 1 fully saturated rings. The number of halogens is 3. The molecule has 1 heterocycles. The van der Waals surface area contributed by atoms with Crippen LogP contribution in [-0.4, -0.2) is 20.7 Å². The van der Waals surface area contributed by atoms with Crippen LogP contribution < -0.4 is 5.43 Å². The average molecular weight is 405 g/mol. The zero-order valence-corrected chi connectivity index (χ0v) is 15.6. The van der Waals surface area contributed by atoms with E-state index >= 15 is 0 Å². The lowest BCUT2D eigenvalue weighted by molar-refractivity contribution is -0.137. The maximum atomic E-state index is 13.2. The smallest absolute Gasteiger partial charge is 0.416 e. The molecular formula is C20H18F3N3O3. The highest BCUT2D eigenvalue weighted by molar-refractivity contribution is 5.92. The van der Waals surface area contributed by atoms with Gasteiger partial charge in [0.05, 0.1) is 5.56 Å². The van der Waals surface area contributed by atoms with Crippen molar-refractivity contribution in [3.05, 3.63) is 62.7 Å². The molecule has 0 atom stereocenters. The van der Waals surface area contributed by atoms with Gasteiger partial charge in [-0.2, -0.15) is 17.9 Å². The molecule has 152 valence electrons. The van der Waals surface area contributed by atoms with Gasteiger partial charge < -0.3 is 9.95 Å². The van der Waals surface area contributed by atoms with E-state index in [0.717, 1.165) is 36.6 Å². The number of alkyl halides is 3. The molecule has 1 saturated carbocycles. The quantitative estimate of drug-likeness (QED) is 0.610. The molecule has 29 heavy (non-hydrogen) atoms. The van der Waals surface area contributed by atoms with Gasteiger partial charge in [0.25, 0.3) is 5.82 Å². The molecule has 1 aliphatic carbocycles. The van der Waals surface area contributed by atoms with Crippen molar-refractivity contribution in [1.82, 2.24) is 9.78 Å². The van der Waals surface area contributed by atoms with E-state index in [1.165, 1.54) is 6.07 Å². The van der Waals surface area contributed by atoms with Crippen molar-refractivity contribution in [3.8, 4) is 5.75 Å². The van der Waals surface area contributed by atoms with Crippen molar-refractivity contribution in [1.29, 1.82) is 0 Å². The zero-order valence-electron chi connectivity index (χ0n) is 15.6. The van der Waals surface area contributed by atoms with Gasteiger partial charge in [0.2, 0.25) is 5.43 Å². The van der Waals surface area contributed by atoms with Crippen LogP contribution in [-0.2, 0) is 18.1 Å². The van der Waals surface area contributed by atoms with Crippen LogP contribution in [0.1, 0.15) is 54.2 Å². The van der Waals surface area contributed by atoms with Gasteiger partial charge in [-0.15, -0.1) is 0 Å². The Morgan fingerprint density at radius 3 is 2.55 bits per heavy atom. The summed E-state index contributed by atoms with van der Waals surface area (Å²) in [5, 5.41) is 14.1. The average Bonchev–Trinajstić information content (AvgIpc) is 3.14. The maximum Gasteiger partial charge on any atom is 0.416 e. The topological polar surface area (TPSA) is 76.6 Å². The first-order chi connectivity index (χ1) is 13.6. The van der Waals surface area contributed by atoms with Crippen molar-refractivity contribution in [3.63, 3.8) is 0 Å². The van der Waals surface area contributed by atoms with Gasteiger partial charge in [0.15, 0.2) is 17.2 Å². The molecule has 0 radical (unpaired) electrons. The lowest BCUT2D eigenvalue weighted by Crippen LogP contribution is -2.32. The molecule has 0 unspecified atom stereocenters. The Balaban J connectivity index is 2.15. The number of benzene rings is 1. The maximum absolute atomic E-state index is 13.2. The van der Waals surface area contributed by atoms with E-state index in [4.69, 9.17) is 6.57 Å². The van der Waals surface area contributed by atoms with E-state index < -0.39 is 45.6 Å². The summed E-state index contributed by atoms with van der Waals surface area (Å²) in [6.07, 6.45) is -1.84. The second-order valence-electron chi connectivity index (χ2n) is 7.24. The molecule has 9 heteroatoms. The number of aromatic nitrogens is 2. The van der Waals surface area contributed by atoms with Crippen LogP contribution in [0.3, 0.4) is 0 Å². The Bertz CT molecular complexity index is 1060. The van der Waals surface area contributed by atoms with Crippen LogP contribution in [0.25, 0.3) is 4.85 Å². The van der Waals surface area contributed by atoms with Gasteiger partial charge in [0, 0.05) is 12.3 Å². The van der Waals surface area contributed by atoms with E-state index in [9.17, 15) is 27.9 Å². The summed E-state index contributed by atoms with van der Waals surface area (Å²) in [5.41, 5.74) is -2.62. The molecule has 1 aromatic carbocycles. The van der Waals surface area contributed by atoms with Crippen molar-refractivity contribution in [2.45, 2.75) is 50.7 Å². The van der Waals surface area contributed by atoms with E-state index in [2.05, 4.69) is 9.94 Å². The SMILES string of the molecule is [C-]#[N+]c1c(O)c(=O)c(C(C)=O)nn1CC1(c2cccc(C(F)(F)F)c2)CCCC1. The lowest BCUT2D eigenvalue weighted by Gasteiger charge is -2.29. The fourth-order valence-corrected chi connectivity index (χ4v) is 3.90. The van der Waals surface area contributed by atoms with Crippen molar-refractivity contribution in [2.24, 2.45) is 0 Å². The highest BCUT2D eigenvalue weighted by Gasteiger charge is 2.41. The molecule has 1 aromatic heterocycles. The molecule has 3 rings (SSSR count). The molecule has 0 saturated heterocycles. The Labute approximate surface area is 164 Å². The highest BCUT2D eigenvalue weighted by atomic mass is 19.4. The van der Waals surface area contributed by atoms with Crippen LogP contribution in [0.2, 0.25) is 0 Å². The fourth-order valence-electron chi connectivity index (χ4n) is 3.90. The third kappa shape index (κ3) is 3.75. The Morgan fingerprint density at radius 2 is 2.00 bits per heavy atom. The summed E-state index contributed by atoms with van der Waals surface area (Å²) in [4.78, 5) is 27.0. The Morgan fingerprint density at radius 1 is 1.34 bits per heavy atom. The van der Waals surface area contributed by atoms with Crippen LogP contribution in [0.5, 0.6) is 5.75 Å². The Kier molecular flexibility index (Phi) is 5.22. The van der Waals surface area contributed by atoms with E-state index in [-0.39, 0.29) is 6.54 Å². The predicted octanol–water partition coefficient (Wildman–Crippen LogP) is 4.23. The lowest BCUT2D eigenvalue weighted by atomic mass is 9.78. The van der Waals surface area contributed by atoms with Crippen LogP contribution in [0.15, 0.2) is 29.1 Å². The van der Waals surface area contributed by atoms with Gasteiger partial charge in [-0.3, -0.25) is 9.59 Å². The normalized spacial score (nSPS) is 15.8. The number of ketones is 1. The van der Waals surface area contributed by atoms with E-state index in [1.54, 1.807) is 6.07 Å². The third-order valence-corrected chi connectivity index (χ3v) is 5.36. The van der Waals surface area contributed by atoms with Crippen LogP contribution >= 0.6 is 0 Å². The highest BCUT2D eigenvalue weighted by Crippen LogP contribution is 2.44. The first kappa shape index (κ1) is 20.6. The van der Waals surface area contributed by atoms with Crippen molar-refractivity contribution < 1.29 is 23.1 Å². The number of Topliss-reactive ketones (excluding diaryl/α,β-unsaturated/α-hetero) is 1. The number of hydrogen-bond acceptors (Lipinski definition) is 4. The standard InChI is InChI=1S/C20H18F3N3O3/c1-12(27)15-16(28)17(29)18(24-2)26(25-15)11-19(8-3-4-9-19)13-6-5-7-14(10-13)20(21,22)23/h5-7,10,29H,3-4,8-9,11H2,1H3. The second-order valence-corrected chi connectivity index (χ2v) is 7.24. The molecular weight excluding hydrogens is 387 g/mol. The van der Waals surface area contributed by atoms with E-state index in [1.807, 2.05) is 0 Å². The van der Waals surface area contributed by atoms with Crippen LogP contribution in [0.4, 0.5) is 19.0 Å². The minimum Gasteiger partial charge on any atom is -0.514 e. The first-order valence-electron chi connectivity index (χ1n) is 8.99. The minimum absolute atomic E-state index is 0.0276. The number of aromatic hydroxyl groups is 1. The number of carbonyl (C=O) groups excluding carboxylic acids is 1. The minimum atomic E-state index is -4.49. The summed E-state index contributed by atoms with van der Waals surface area (Å²) in [7, 11) is 0. The third-order valence-electron chi connectivity index (χ3n) is 5.36. The fraction of sp³-hybridized carbons (Fsp3) is 0.400. The number of nitrogens with zero attached hydrogens (tertiary/aromatic N) is 3. The van der Waals surface area contributed by atoms with Gasteiger partial charge in [-0.1, -0.05) is 42.7 Å². The van der Waals surface area contributed by atoms with E-state index in [0.29, 0.717) is 18.4 Å². The molecule has 0 bridgehead atoms. The molecule has 2 aromatic rings. The summed E-state index contributed by atoms with van der Waals surface area (Å²) in [6, 6.07) is 5.03. The molecule has 0 aliphatic heterocycles. The monoisotopic (exact) mass is 405 g/mol. The van der Waals surface area contributed by atoms with Gasteiger partial charge >= 0.3 is 6.18 Å². The Hall–Kier alpha value is -3.15. The van der Waals surface area contributed by atoms with Gasteiger partial charge in [0.1, 0.15) is 6.54 Å². The largest absolute Gasteiger partial charge is 0.514 e. The zero-order chi connectivity index (χ0) is 21.4. The molecule has 0 amide bonds. The van der Waals surface area contributed by atoms with Gasteiger partial charge in [-0.25, -0.2) is 0 Å². The molecule has 1 aliphatic rings. The van der Waals surface area contributed by atoms with Crippen LogP contribution in [0, 0.1) is 6.57 Å². The summed E-state index contributed by atoms with van der Waals surface area (Å²) in [5.74, 6) is -1.98. The predicted molar refractivity (Wildman–Crippen MR) is 98.0 cm³/mol. The number of hydrogen-bond donors (Lipinski definition) is 1. The first-order valence-corrected chi connectivity index (χ1v) is 8.99. The molecule has 6 nitrogen and oxygen atoms in total.